The number of nitrogens with zero attached hydrogens (tertiary/aromatic N) is 2. The Morgan fingerprint density at radius 2 is 2.08 bits per heavy atom. The molecule has 2 amide bonds. The van der Waals surface area contributed by atoms with E-state index in [4.69, 9.17) is 5.21 Å². The van der Waals surface area contributed by atoms with Gasteiger partial charge in [0, 0.05) is 29.7 Å². The number of nitrogens with one attached hydrogen (secondary N) is 1. The van der Waals surface area contributed by atoms with E-state index in [1.165, 1.54) is 0 Å². The summed E-state index contributed by atoms with van der Waals surface area (Å²) in [4.78, 5) is 30.9. The molecule has 1 aliphatic heterocycles. The number of benzene rings is 1. The quantitative estimate of drug-likeness (QED) is 0.643. The Kier molecular flexibility index (Phi) is 4.00. The molecule has 1 saturated heterocycles. The van der Waals surface area contributed by atoms with E-state index in [-0.39, 0.29) is 11.3 Å². The summed E-state index contributed by atoms with van der Waals surface area (Å²) in [5.74, 6) is -0.324. The van der Waals surface area contributed by atoms with Crippen molar-refractivity contribution < 1.29 is 14.8 Å². The minimum atomic E-state index is -0.510. The smallest absolute Gasteiger partial charge is 0.274 e. The van der Waals surface area contributed by atoms with Crippen LogP contribution in [0.3, 0.4) is 0 Å². The lowest BCUT2D eigenvalue weighted by molar-refractivity contribution is -0.126. The van der Waals surface area contributed by atoms with E-state index in [2.05, 4.69) is 4.98 Å². The number of pyridine rings is 1. The van der Waals surface area contributed by atoms with Gasteiger partial charge in [0.15, 0.2) is 0 Å². The van der Waals surface area contributed by atoms with Crippen LogP contribution in [0.25, 0.3) is 0 Å². The predicted octanol–water partition coefficient (Wildman–Crippen LogP) is 2.42. The molecule has 6 nitrogen and oxygen atoms in total. The van der Waals surface area contributed by atoms with Gasteiger partial charge in [-0.3, -0.25) is 19.8 Å². The number of fused-ring (bicyclic) bond motifs is 1. The minimum absolute atomic E-state index is 0.186. The molecule has 0 bridgehead atoms. The Bertz CT molecular complexity index is 896. The molecular formula is C20H21N3O3. The maximum Gasteiger partial charge on any atom is 0.274 e. The molecule has 26 heavy (non-hydrogen) atoms. The van der Waals surface area contributed by atoms with Crippen molar-refractivity contribution >= 4 is 17.5 Å². The van der Waals surface area contributed by atoms with E-state index in [0.29, 0.717) is 12.0 Å². The lowest BCUT2D eigenvalue weighted by atomic mass is 9.70. The van der Waals surface area contributed by atoms with Gasteiger partial charge >= 0.3 is 0 Å². The first kappa shape index (κ1) is 16.7. The lowest BCUT2D eigenvalue weighted by Crippen LogP contribution is -2.38. The molecule has 0 radical (unpaired) electrons. The van der Waals surface area contributed by atoms with Gasteiger partial charge in [-0.15, -0.1) is 0 Å². The molecule has 6 heteroatoms. The maximum atomic E-state index is 13.2. The van der Waals surface area contributed by atoms with Gasteiger partial charge in [-0.1, -0.05) is 6.07 Å². The molecule has 0 saturated carbocycles. The molecule has 2 N–H and O–H groups in total. The number of amides is 2. The normalized spacial score (nSPS) is 21.8. The molecule has 1 spiro atoms. The summed E-state index contributed by atoms with van der Waals surface area (Å²) < 4.78 is 0. The number of hydrogen-bond acceptors (Lipinski definition) is 4. The first-order chi connectivity index (χ1) is 12.5. The van der Waals surface area contributed by atoms with Crippen LogP contribution >= 0.6 is 0 Å². The van der Waals surface area contributed by atoms with Crippen molar-refractivity contribution in [3.63, 3.8) is 0 Å². The van der Waals surface area contributed by atoms with Crippen LogP contribution in [0.1, 0.15) is 40.0 Å². The Morgan fingerprint density at radius 1 is 1.23 bits per heavy atom. The maximum absolute atomic E-state index is 13.2. The zero-order valence-electron chi connectivity index (χ0n) is 14.7. The van der Waals surface area contributed by atoms with Crippen molar-refractivity contribution in [1.29, 1.82) is 0 Å². The Labute approximate surface area is 151 Å². The van der Waals surface area contributed by atoms with Gasteiger partial charge < -0.3 is 4.90 Å². The molecule has 4 rings (SSSR count). The average Bonchev–Trinajstić information content (AvgIpc) is 2.96. The van der Waals surface area contributed by atoms with Crippen LogP contribution in [0.15, 0.2) is 36.5 Å². The number of anilines is 1. The summed E-state index contributed by atoms with van der Waals surface area (Å²) in [5, 5.41) is 8.80. The van der Waals surface area contributed by atoms with E-state index in [0.717, 1.165) is 48.3 Å². The van der Waals surface area contributed by atoms with Gasteiger partial charge in [0.05, 0.1) is 5.41 Å². The number of hydroxylamine groups is 1. The fourth-order valence-corrected chi connectivity index (χ4v) is 4.23. The highest BCUT2D eigenvalue weighted by molar-refractivity contribution is 6.00. The van der Waals surface area contributed by atoms with Crippen molar-refractivity contribution in [2.75, 3.05) is 11.4 Å². The fraction of sp³-hybridized carbons (Fsp3) is 0.350. The Hall–Kier alpha value is -2.73. The standard InChI is InChI=1S/C20H21N3O3/c1-13-10-17(5-8-21-13)23-9-7-20(19(23)25)6-4-14-11-15(18(24)22-26)2-3-16(14)12-20/h2-3,5,8,10-11,26H,4,6-7,9,12H2,1H3,(H,22,24)/t20-/m0/s1. The molecule has 1 aliphatic carbocycles. The third-order valence-corrected chi connectivity index (χ3v) is 5.68. The number of carbonyl (C=O) groups excluding carboxylic acids is 2. The molecule has 1 aromatic carbocycles. The zero-order chi connectivity index (χ0) is 18.3. The monoisotopic (exact) mass is 351 g/mol. The molecule has 1 atom stereocenters. The molecular weight excluding hydrogens is 330 g/mol. The lowest BCUT2D eigenvalue weighted by Gasteiger charge is -2.33. The molecule has 2 aliphatic rings. The second kappa shape index (κ2) is 6.21. The summed E-state index contributed by atoms with van der Waals surface area (Å²) in [6, 6.07) is 9.27. The molecule has 1 aromatic heterocycles. The van der Waals surface area contributed by atoms with Crippen molar-refractivity contribution in [2.45, 2.75) is 32.6 Å². The highest BCUT2D eigenvalue weighted by atomic mass is 16.5. The van der Waals surface area contributed by atoms with Crippen LogP contribution in [0.5, 0.6) is 0 Å². The van der Waals surface area contributed by atoms with E-state index >= 15 is 0 Å². The van der Waals surface area contributed by atoms with Gasteiger partial charge in [0.2, 0.25) is 5.91 Å². The van der Waals surface area contributed by atoms with Crippen LogP contribution in [0, 0.1) is 12.3 Å². The van der Waals surface area contributed by atoms with Crippen LogP contribution in [0.2, 0.25) is 0 Å². The zero-order valence-corrected chi connectivity index (χ0v) is 14.7. The third kappa shape index (κ3) is 2.66. The number of rotatable bonds is 2. The largest absolute Gasteiger partial charge is 0.312 e. The molecule has 2 aromatic rings. The van der Waals surface area contributed by atoms with Gasteiger partial charge in [0.25, 0.3) is 5.91 Å². The van der Waals surface area contributed by atoms with E-state index in [9.17, 15) is 9.59 Å². The highest BCUT2D eigenvalue weighted by Gasteiger charge is 2.48. The van der Waals surface area contributed by atoms with Crippen molar-refractivity contribution in [1.82, 2.24) is 10.5 Å². The summed E-state index contributed by atoms with van der Waals surface area (Å²) in [6.07, 6.45) is 4.82. The van der Waals surface area contributed by atoms with E-state index in [1.807, 2.05) is 36.1 Å². The third-order valence-electron chi connectivity index (χ3n) is 5.68. The van der Waals surface area contributed by atoms with Crippen molar-refractivity contribution in [3.8, 4) is 0 Å². The molecule has 1 fully saturated rings. The Balaban J connectivity index is 1.60. The number of aromatic nitrogens is 1. The first-order valence-corrected chi connectivity index (χ1v) is 8.83. The summed E-state index contributed by atoms with van der Waals surface area (Å²) in [6.45, 7) is 2.65. The molecule has 134 valence electrons. The Morgan fingerprint density at radius 3 is 2.85 bits per heavy atom. The molecule has 0 unspecified atom stereocenters. The molecule has 2 heterocycles. The van der Waals surface area contributed by atoms with Crippen molar-refractivity contribution in [2.24, 2.45) is 5.41 Å². The fourth-order valence-electron chi connectivity index (χ4n) is 4.23. The summed E-state index contributed by atoms with van der Waals surface area (Å²) in [7, 11) is 0. The first-order valence-electron chi connectivity index (χ1n) is 8.83. The number of aryl methyl sites for hydroxylation is 2. The van der Waals surface area contributed by atoms with Crippen molar-refractivity contribution in [3.05, 3.63) is 58.9 Å². The van der Waals surface area contributed by atoms with Gasteiger partial charge in [0.1, 0.15) is 0 Å². The van der Waals surface area contributed by atoms with Gasteiger partial charge in [-0.25, -0.2) is 5.48 Å². The summed E-state index contributed by atoms with van der Waals surface area (Å²) in [5.41, 5.74) is 5.77. The second-order valence-electron chi connectivity index (χ2n) is 7.24. The SMILES string of the molecule is Cc1cc(N2CC[C@]3(CCc4cc(C(=O)NO)ccc4C3)C2=O)ccn1. The topological polar surface area (TPSA) is 82.5 Å². The van der Waals surface area contributed by atoms with Gasteiger partial charge in [-0.2, -0.15) is 0 Å². The highest BCUT2D eigenvalue weighted by Crippen LogP contribution is 2.45. The average molecular weight is 351 g/mol. The summed E-state index contributed by atoms with van der Waals surface area (Å²) >= 11 is 0. The van der Waals surface area contributed by atoms with Crippen LogP contribution in [0.4, 0.5) is 5.69 Å². The van der Waals surface area contributed by atoms with Crippen LogP contribution in [-0.4, -0.2) is 28.6 Å². The second-order valence-corrected chi connectivity index (χ2v) is 7.24. The number of carbonyl (C=O) groups is 2. The predicted molar refractivity (Wildman–Crippen MR) is 96.1 cm³/mol. The minimum Gasteiger partial charge on any atom is -0.312 e. The van der Waals surface area contributed by atoms with Gasteiger partial charge in [-0.05, 0) is 68.0 Å². The van der Waals surface area contributed by atoms with E-state index in [1.54, 1.807) is 17.7 Å². The van der Waals surface area contributed by atoms with E-state index < -0.39 is 5.91 Å². The van der Waals surface area contributed by atoms with Crippen LogP contribution < -0.4 is 10.4 Å². The number of hydrogen-bond donors (Lipinski definition) is 2. The van der Waals surface area contributed by atoms with Crippen LogP contribution in [-0.2, 0) is 17.6 Å².